The van der Waals surface area contributed by atoms with Gasteiger partial charge in [-0.05, 0) is 18.2 Å². The molecule has 2 aromatic rings. The van der Waals surface area contributed by atoms with E-state index in [1.165, 1.54) is 24.5 Å². The van der Waals surface area contributed by atoms with E-state index in [0.29, 0.717) is 5.69 Å². The summed E-state index contributed by atoms with van der Waals surface area (Å²) < 4.78 is 26.4. The molecule has 0 radical (unpaired) electrons. The van der Waals surface area contributed by atoms with Gasteiger partial charge >= 0.3 is 0 Å². The molecule has 0 saturated carbocycles. The van der Waals surface area contributed by atoms with Crippen LogP contribution in [-0.4, -0.2) is 9.97 Å². The van der Waals surface area contributed by atoms with Crippen molar-refractivity contribution >= 4 is 5.69 Å². The second-order valence-corrected chi connectivity index (χ2v) is 3.15. The van der Waals surface area contributed by atoms with Gasteiger partial charge in [0, 0.05) is 6.20 Å². The molecule has 82 valence electrons. The first-order valence-corrected chi connectivity index (χ1v) is 4.70. The Morgan fingerprint density at radius 3 is 2.50 bits per heavy atom. The van der Waals surface area contributed by atoms with Gasteiger partial charge in [0.1, 0.15) is 23.6 Å². The second-order valence-electron chi connectivity index (χ2n) is 3.15. The molecule has 0 fully saturated rings. The minimum Gasteiger partial charge on any atom is -0.375 e. The zero-order chi connectivity index (χ0) is 11.4. The number of halogens is 2. The molecule has 0 unspecified atom stereocenters. The van der Waals surface area contributed by atoms with Crippen molar-refractivity contribution in [1.29, 1.82) is 0 Å². The van der Waals surface area contributed by atoms with Crippen molar-refractivity contribution in [2.45, 2.75) is 6.54 Å². The van der Waals surface area contributed by atoms with Gasteiger partial charge < -0.3 is 5.32 Å². The highest BCUT2D eigenvalue weighted by molar-refractivity contribution is 5.46. The first kappa shape index (κ1) is 10.5. The first-order valence-electron chi connectivity index (χ1n) is 4.70. The summed E-state index contributed by atoms with van der Waals surface area (Å²) in [6.07, 6.45) is 2.95. The zero-order valence-electron chi connectivity index (χ0n) is 8.32. The average molecular weight is 221 g/mol. The first-order chi connectivity index (χ1) is 7.77. The van der Waals surface area contributed by atoms with E-state index in [4.69, 9.17) is 0 Å². The number of para-hydroxylation sites is 1. The molecule has 0 aliphatic heterocycles. The predicted molar refractivity (Wildman–Crippen MR) is 55.7 cm³/mol. The summed E-state index contributed by atoms with van der Waals surface area (Å²) in [5.41, 5.74) is 0.527. The Labute approximate surface area is 91.2 Å². The van der Waals surface area contributed by atoms with Crippen LogP contribution >= 0.6 is 0 Å². The molecule has 0 atom stereocenters. The SMILES string of the molecule is Fc1cccc(F)c1NCc1ccncn1. The van der Waals surface area contributed by atoms with Crippen molar-refractivity contribution in [2.75, 3.05) is 5.32 Å². The third-order valence-corrected chi connectivity index (χ3v) is 2.05. The smallest absolute Gasteiger partial charge is 0.149 e. The molecule has 0 saturated heterocycles. The number of anilines is 1. The van der Waals surface area contributed by atoms with Gasteiger partial charge in [0.05, 0.1) is 12.2 Å². The van der Waals surface area contributed by atoms with Gasteiger partial charge in [-0.25, -0.2) is 18.7 Å². The lowest BCUT2D eigenvalue weighted by atomic mass is 10.3. The standard InChI is InChI=1S/C11H9F2N3/c12-9-2-1-3-10(13)11(9)15-6-8-4-5-14-7-16-8/h1-5,7,15H,6H2. The van der Waals surface area contributed by atoms with E-state index in [2.05, 4.69) is 15.3 Å². The van der Waals surface area contributed by atoms with E-state index in [1.54, 1.807) is 12.3 Å². The van der Waals surface area contributed by atoms with Crippen molar-refractivity contribution in [3.8, 4) is 0 Å². The Morgan fingerprint density at radius 2 is 1.88 bits per heavy atom. The van der Waals surface area contributed by atoms with Crippen LogP contribution in [0.25, 0.3) is 0 Å². The normalized spacial score (nSPS) is 10.1. The maximum absolute atomic E-state index is 13.2. The fourth-order valence-corrected chi connectivity index (χ4v) is 1.27. The number of rotatable bonds is 3. The van der Waals surface area contributed by atoms with Gasteiger partial charge in [0.2, 0.25) is 0 Å². The molecule has 0 aliphatic carbocycles. The highest BCUT2D eigenvalue weighted by Crippen LogP contribution is 2.18. The molecule has 0 bridgehead atoms. The van der Waals surface area contributed by atoms with Crippen molar-refractivity contribution in [1.82, 2.24) is 9.97 Å². The van der Waals surface area contributed by atoms with Crippen molar-refractivity contribution in [2.24, 2.45) is 0 Å². The fraction of sp³-hybridized carbons (Fsp3) is 0.0909. The minimum atomic E-state index is -0.617. The van der Waals surface area contributed by atoms with Crippen molar-refractivity contribution < 1.29 is 8.78 Å². The molecule has 1 N–H and O–H groups in total. The Morgan fingerprint density at radius 1 is 1.12 bits per heavy atom. The molecule has 2 rings (SSSR count). The third kappa shape index (κ3) is 2.31. The van der Waals surface area contributed by atoms with Crippen molar-refractivity contribution in [3.05, 3.63) is 54.1 Å². The van der Waals surface area contributed by atoms with Crippen LogP contribution in [0, 0.1) is 11.6 Å². The summed E-state index contributed by atoms with van der Waals surface area (Å²) in [6, 6.07) is 5.39. The van der Waals surface area contributed by atoms with E-state index >= 15 is 0 Å². The van der Waals surface area contributed by atoms with Crippen LogP contribution in [0.5, 0.6) is 0 Å². The van der Waals surface area contributed by atoms with Crippen LogP contribution in [0.1, 0.15) is 5.69 Å². The fourth-order valence-electron chi connectivity index (χ4n) is 1.27. The van der Waals surface area contributed by atoms with Crippen LogP contribution in [0.15, 0.2) is 36.8 Å². The summed E-state index contributed by atoms with van der Waals surface area (Å²) in [4.78, 5) is 7.68. The number of nitrogens with zero attached hydrogens (tertiary/aromatic N) is 2. The van der Waals surface area contributed by atoms with Crippen LogP contribution < -0.4 is 5.32 Å². The Hall–Kier alpha value is -2.04. The highest BCUT2D eigenvalue weighted by Gasteiger charge is 2.07. The van der Waals surface area contributed by atoms with E-state index < -0.39 is 11.6 Å². The molecule has 0 spiro atoms. The van der Waals surface area contributed by atoms with Crippen LogP contribution in [0.2, 0.25) is 0 Å². The zero-order valence-corrected chi connectivity index (χ0v) is 8.32. The molecule has 3 nitrogen and oxygen atoms in total. The van der Waals surface area contributed by atoms with Gasteiger partial charge in [-0.15, -0.1) is 0 Å². The number of hydrogen-bond donors (Lipinski definition) is 1. The highest BCUT2D eigenvalue weighted by atomic mass is 19.1. The molecular weight excluding hydrogens is 212 g/mol. The molecule has 0 aliphatic rings. The number of hydrogen-bond acceptors (Lipinski definition) is 3. The van der Waals surface area contributed by atoms with Crippen LogP contribution in [0.4, 0.5) is 14.5 Å². The van der Waals surface area contributed by atoms with E-state index in [0.717, 1.165) is 0 Å². The molecule has 1 aromatic carbocycles. The Bertz CT molecular complexity index is 454. The number of nitrogens with one attached hydrogen (secondary N) is 1. The summed E-state index contributed by atoms with van der Waals surface area (Å²) in [7, 11) is 0. The topological polar surface area (TPSA) is 37.8 Å². The Kier molecular flexibility index (Phi) is 3.05. The minimum absolute atomic E-state index is 0.138. The average Bonchev–Trinajstić information content (AvgIpc) is 2.30. The lowest BCUT2D eigenvalue weighted by Gasteiger charge is -2.07. The summed E-state index contributed by atoms with van der Waals surface area (Å²) in [5, 5.41) is 2.66. The van der Waals surface area contributed by atoms with Gasteiger partial charge in [-0.1, -0.05) is 6.07 Å². The van der Waals surface area contributed by atoms with Gasteiger partial charge in [0.15, 0.2) is 0 Å². The quantitative estimate of drug-likeness (QED) is 0.864. The van der Waals surface area contributed by atoms with E-state index in [-0.39, 0.29) is 12.2 Å². The third-order valence-electron chi connectivity index (χ3n) is 2.05. The Balaban J connectivity index is 2.11. The lowest BCUT2D eigenvalue weighted by molar-refractivity contribution is 0.588. The number of aromatic nitrogens is 2. The number of benzene rings is 1. The second kappa shape index (κ2) is 4.65. The van der Waals surface area contributed by atoms with Crippen LogP contribution in [-0.2, 0) is 6.54 Å². The molecular formula is C11H9F2N3. The molecule has 16 heavy (non-hydrogen) atoms. The van der Waals surface area contributed by atoms with Crippen molar-refractivity contribution in [3.63, 3.8) is 0 Å². The maximum Gasteiger partial charge on any atom is 0.149 e. The predicted octanol–water partition coefficient (Wildman–Crippen LogP) is 2.37. The van der Waals surface area contributed by atoms with Gasteiger partial charge in [-0.3, -0.25) is 0 Å². The molecule has 1 heterocycles. The van der Waals surface area contributed by atoms with E-state index in [1.807, 2.05) is 0 Å². The maximum atomic E-state index is 13.2. The van der Waals surface area contributed by atoms with Gasteiger partial charge in [-0.2, -0.15) is 0 Å². The summed E-state index contributed by atoms with van der Waals surface area (Å²) >= 11 is 0. The molecule has 1 aromatic heterocycles. The lowest BCUT2D eigenvalue weighted by Crippen LogP contribution is -2.05. The summed E-state index contributed by atoms with van der Waals surface area (Å²) in [6.45, 7) is 0.250. The van der Waals surface area contributed by atoms with Gasteiger partial charge in [0.25, 0.3) is 0 Å². The monoisotopic (exact) mass is 221 g/mol. The molecule has 5 heteroatoms. The molecule has 0 amide bonds. The summed E-state index contributed by atoms with van der Waals surface area (Å²) in [5.74, 6) is -1.23. The van der Waals surface area contributed by atoms with E-state index in [9.17, 15) is 8.78 Å². The largest absolute Gasteiger partial charge is 0.375 e. The van der Waals surface area contributed by atoms with Crippen LogP contribution in [0.3, 0.4) is 0 Å².